The van der Waals surface area contributed by atoms with Crippen molar-refractivity contribution in [3.05, 3.63) is 47.7 Å². The predicted octanol–water partition coefficient (Wildman–Crippen LogP) is 4.40. The van der Waals surface area contributed by atoms with E-state index in [1.807, 2.05) is 0 Å². The van der Waals surface area contributed by atoms with Crippen LogP contribution in [0, 0.1) is 0 Å². The lowest BCUT2D eigenvalue weighted by Gasteiger charge is -2.34. The molecule has 0 saturated carbocycles. The summed E-state index contributed by atoms with van der Waals surface area (Å²) in [5, 5.41) is 43.3. The first-order chi connectivity index (χ1) is 22.0. The number of aromatic amines is 1. The first-order valence-electron chi connectivity index (χ1n) is 15.3. The van der Waals surface area contributed by atoms with Gasteiger partial charge in [-0.3, -0.25) is 14.9 Å². The van der Waals surface area contributed by atoms with Gasteiger partial charge in [0.15, 0.2) is 17.1 Å². The molecule has 248 valence electrons. The summed E-state index contributed by atoms with van der Waals surface area (Å²) in [6.45, 7) is 4.46. The summed E-state index contributed by atoms with van der Waals surface area (Å²) in [6, 6.07) is 9.54. The number of carbonyl (C=O) groups excluding carboxylic acids is 1. The number of ether oxygens (including phenoxy) is 2. The van der Waals surface area contributed by atoms with Crippen molar-refractivity contribution in [2.45, 2.75) is 69.3 Å². The van der Waals surface area contributed by atoms with Crippen LogP contribution < -0.4 is 14.8 Å². The number of unbranched alkanes of at least 4 members (excludes halogenated alkanes) is 3. The molecule has 14 heteroatoms. The molecule has 1 aliphatic rings. The van der Waals surface area contributed by atoms with E-state index in [1.54, 1.807) is 24.3 Å². The van der Waals surface area contributed by atoms with E-state index < -0.39 is 41.9 Å². The van der Waals surface area contributed by atoms with Crippen LogP contribution in [-0.4, -0.2) is 91.6 Å². The molecular weight excluding hydrogens is 600 g/mol. The van der Waals surface area contributed by atoms with Crippen molar-refractivity contribution in [1.82, 2.24) is 14.9 Å². The number of benzene rings is 1. The van der Waals surface area contributed by atoms with Gasteiger partial charge in [-0.25, -0.2) is 14.6 Å². The number of aliphatic hydroxyl groups is 1. The lowest BCUT2D eigenvalue weighted by molar-refractivity contribution is -0.173. The first-order valence-corrected chi connectivity index (χ1v) is 15.3. The van der Waals surface area contributed by atoms with Crippen molar-refractivity contribution in [3.63, 3.8) is 0 Å². The number of carbonyl (C=O) groups is 4. The summed E-state index contributed by atoms with van der Waals surface area (Å²) in [5.74, 6) is -7.27. The summed E-state index contributed by atoms with van der Waals surface area (Å²) in [6.07, 6.45) is 3.42. The van der Waals surface area contributed by atoms with Gasteiger partial charge in [-0.05, 0) is 69.1 Å². The molecule has 1 amide bonds. The number of hydrogen-bond donors (Lipinski definition) is 6. The Morgan fingerprint density at radius 1 is 1.04 bits per heavy atom. The van der Waals surface area contributed by atoms with Crippen molar-refractivity contribution in [2.24, 2.45) is 0 Å². The number of hydrogen-bond acceptors (Lipinski definition) is 9. The van der Waals surface area contributed by atoms with E-state index in [9.17, 15) is 39.6 Å². The Morgan fingerprint density at radius 2 is 1.74 bits per heavy atom. The number of para-hydroxylation sites is 2. The standard InChI is InChI=1S/C32H40N4O10/c1-3-4-5-8-15-36-16-13-19(14-17-36)25-27-20(33-28(25)26(29(39)40)32(44,30(41)42)18-24(37)38)11-12-23(34-27)35-31(43)46-22-10-7-6-9-21(22)45-2/h6-7,9-12,19,26,33,44H,3-5,8,13-18H2,1-2H3,(H,37,38)(H,39,40)(H,41,42)(H,34,35,43). The third-order valence-electron chi connectivity index (χ3n) is 8.34. The van der Waals surface area contributed by atoms with Crippen molar-refractivity contribution in [2.75, 3.05) is 32.1 Å². The Labute approximate surface area is 265 Å². The molecule has 2 atom stereocenters. The zero-order valence-electron chi connectivity index (χ0n) is 25.8. The van der Waals surface area contributed by atoms with Crippen LogP contribution in [0.2, 0.25) is 0 Å². The molecule has 1 fully saturated rings. The average Bonchev–Trinajstić information content (AvgIpc) is 3.37. The third-order valence-corrected chi connectivity index (χ3v) is 8.34. The maximum atomic E-state index is 12.8. The van der Waals surface area contributed by atoms with Crippen LogP contribution in [0.1, 0.15) is 75.0 Å². The molecule has 14 nitrogen and oxygen atoms in total. The second-order valence-corrected chi connectivity index (χ2v) is 11.5. The second-order valence-electron chi connectivity index (χ2n) is 11.5. The molecule has 0 aliphatic carbocycles. The Kier molecular flexibility index (Phi) is 11.2. The van der Waals surface area contributed by atoms with E-state index in [-0.39, 0.29) is 28.7 Å². The number of amides is 1. The quantitative estimate of drug-likeness (QED) is 0.128. The molecule has 1 aliphatic heterocycles. The first kappa shape index (κ1) is 34.2. The summed E-state index contributed by atoms with van der Waals surface area (Å²) >= 11 is 0. The fraction of sp³-hybridized carbons (Fsp3) is 0.469. The van der Waals surface area contributed by atoms with Crippen LogP contribution in [0.5, 0.6) is 11.5 Å². The molecule has 3 aromatic rings. The number of aliphatic carboxylic acids is 3. The molecule has 1 saturated heterocycles. The van der Waals surface area contributed by atoms with Crippen LogP contribution in [0.25, 0.3) is 11.0 Å². The van der Waals surface area contributed by atoms with Crippen LogP contribution in [0.15, 0.2) is 36.4 Å². The minimum Gasteiger partial charge on any atom is -0.493 e. The van der Waals surface area contributed by atoms with Gasteiger partial charge in [-0.1, -0.05) is 38.3 Å². The van der Waals surface area contributed by atoms with E-state index in [4.69, 9.17) is 9.47 Å². The number of likely N-dealkylation sites (tertiary alicyclic amines) is 1. The molecule has 2 aromatic heterocycles. The van der Waals surface area contributed by atoms with E-state index >= 15 is 0 Å². The number of carboxylic acid groups (broad SMARTS) is 3. The largest absolute Gasteiger partial charge is 0.493 e. The second kappa shape index (κ2) is 15.1. The Morgan fingerprint density at radius 3 is 2.35 bits per heavy atom. The number of aromatic nitrogens is 2. The van der Waals surface area contributed by atoms with Crippen molar-refractivity contribution < 1.29 is 49.1 Å². The van der Waals surface area contributed by atoms with E-state index in [0.29, 0.717) is 42.8 Å². The SMILES string of the molecule is CCCCCCN1CCC(c2c(C(C(=O)O)C(O)(CC(=O)O)C(=O)O)[nH]c3ccc(NC(=O)Oc4ccccc4OC)nc23)CC1. The van der Waals surface area contributed by atoms with E-state index in [1.165, 1.54) is 19.2 Å². The number of anilines is 1. The number of H-pyrrole nitrogens is 1. The average molecular weight is 641 g/mol. The van der Waals surface area contributed by atoms with Crippen LogP contribution in [-0.2, 0) is 14.4 Å². The number of methoxy groups -OCH3 is 1. The van der Waals surface area contributed by atoms with Crippen molar-refractivity contribution in [3.8, 4) is 11.5 Å². The van der Waals surface area contributed by atoms with Gasteiger partial charge in [0.2, 0.25) is 0 Å². The highest BCUT2D eigenvalue weighted by Gasteiger charge is 2.53. The van der Waals surface area contributed by atoms with Gasteiger partial charge in [0.05, 0.1) is 24.6 Å². The number of piperidine rings is 1. The van der Waals surface area contributed by atoms with Gasteiger partial charge in [-0.2, -0.15) is 0 Å². The third kappa shape index (κ3) is 7.74. The fourth-order valence-electron chi connectivity index (χ4n) is 6.05. The molecule has 6 N–H and O–H groups in total. The fourth-order valence-corrected chi connectivity index (χ4v) is 6.05. The highest BCUT2D eigenvalue weighted by molar-refractivity contribution is 5.95. The molecule has 0 bridgehead atoms. The summed E-state index contributed by atoms with van der Waals surface area (Å²) < 4.78 is 10.6. The highest BCUT2D eigenvalue weighted by Crippen LogP contribution is 2.42. The van der Waals surface area contributed by atoms with Gasteiger partial charge < -0.3 is 39.8 Å². The van der Waals surface area contributed by atoms with E-state index in [0.717, 1.165) is 32.2 Å². The Balaban J connectivity index is 1.73. The highest BCUT2D eigenvalue weighted by atomic mass is 16.6. The van der Waals surface area contributed by atoms with Crippen LogP contribution in [0.3, 0.4) is 0 Å². The topological polar surface area (TPSA) is 212 Å². The number of fused-ring (bicyclic) bond motifs is 1. The zero-order chi connectivity index (χ0) is 33.4. The smallest absolute Gasteiger partial charge is 0.418 e. The van der Waals surface area contributed by atoms with E-state index in [2.05, 4.69) is 27.1 Å². The number of pyridine rings is 1. The molecule has 1 aromatic carbocycles. The zero-order valence-corrected chi connectivity index (χ0v) is 25.8. The summed E-state index contributed by atoms with van der Waals surface area (Å²) in [5.41, 5.74) is -2.37. The molecule has 0 spiro atoms. The maximum absolute atomic E-state index is 12.8. The van der Waals surface area contributed by atoms with Crippen LogP contribution in [0.4, 0.5) is 10.6 Å². The van der Waals surface area contributed by atoms with Gasteiger partial charge in [0, 0.05) is 11.3 Å². The molecule has 4 rings (SSSR count). The molecule has 2 unspecified atom stereocenters. The maximum Gasteiger partial charge on any atom is 0.418 e. The predicted molar refractivity (Wildman–Crippen MR) is 167 cm³/mol. The summed E-state index contributed by atoms with van der Waals surface area (Å²) in [7, 11) is 1.43. The Hall–Kier alpha value is -4.69. The van der Waals surface area contributed by atoms with Gasteiger partial charge >= 0.3 is 24.0 Å². The number of carboxylic acids is 3. The van der Waals surface area contributed by atoms with Gasteiger partial charge in [0.25, 0.3) is 0 Å². The molecule has 3 heterocycles. The van der Waals surface area contributed by atoms with Crippen molar-refractivity contribution >= 4 is 40.9 Å². The molecule has 46 heavy (non-hydrogen) atoms. The van der Waals surface area contributed by atoms with Crippen LogP contribution >= 0.6 is 0 Å². The summed E-state index contributed by atoms with van der Waals surface area (Å²) in [4.78, 5) is 59.1. The number of nitrogens with zero attached hydrogens (tertiary/aromatic N) is 2. The normalized spacial score (nSPS) is 16.0. The lowest BCUT2D eigenvalue weighted by atomic mass is 9.77. The van der Waals surface area contributed by atoms with Crippen molar-refractivity contribution in [1.29, 1.82) is 0 Å². The molecular formula is C32H40N4O10. The number of rotatable bonds is 15. The molecule has 0 radical (unpaired) electrons. The minimum atomic E-state index is -3.17. The van der Waals surface area contributed by atoms with Gasteiger partial charge in [0.1, 0.15) is 11.7 Å². The monoisotopic (exact) mass is 640 g/mol. The Bertz CT molecular complexity index is 1570. The lowest BCUT2D eigenvalue weighted by Crippen LogP contribution is -2.49. The minimum absolute atomic E-state index is 0.0680. The van der Waals surface area contributed by atoms with Gasteiger partial charge in [-0.15, -0.1) is 0 Å². The number of nitrogens with one attached hydrogen (secondary N) is 2.